The topological polar surface area (TPSA) is 43.4 Å². The summed E-state index contributed by atoms with van der Waals surface area (Å²) in [7, 11) is 0. The molecule has 0 aromatic rings. The first kappa shape index (κ1) is 5.88. The molecule has 0 aromatic heterocycles. The predicted octanol–water partition coefficient (Wildman–Crippen LogP) is -0.311. The monoisotopic (exact) mass is 296 g/mol. The Kier molecular flexibility index (Phi) is 3.64. The third-order valence-corrected chi connectivity index (χ3v) is 1.52. The van der Waals surface area contributed by atoms with Crippen LogP contribution in [0.25, 0.3) is 0 Å². The van der Waals surface area contributed by atoms with Crippen molar-refractivity contribution in [2.45, 2.75) is 0 Å². The van der Waals surface area contributed by atoms with E-state index in [2.05, 4.69) is 2.17 Å². The zero-order valence-corrected chi connectivity index (χ0v) is 5.54. The minimum atomic E-state index is -3.23. The summed E-state index contributed by atoms with van der Waals surface area (Å²) in [6.45, 7) is 0. The van der Waals surface area contributed by atoms with Crippen molar-refractivity contribution in [3.05, 3.63) is 0 Å². The predicted molar refractivity (Wildman–Crippen MR) is 2.46 cm³/mol. The summed E-state index contributed by atoms with van der Waals surface area (Å²) < 4.78 is 22.2. The molecule has 0 atom stereocenters. The Morgan fingerprint density at radius 1 is 1.60 bits per heavy atom. The molecule has 0 rings (SSSR count). The van der Waals surface area contributed by atoms with Crippen LogP contribution in [0.4, 0.5) is 0 Å². The van der Waals surface area contributed by atoms with Crippen LogP contribution in [0, 0.1) is 0 Å². The van der Waals surface area contributed by atoms with Gasteiger partial charge in [-0.3, -0.25) is 0 Å². The van der Waals surface area contributed by atoms with Gasteiger partial charge >= 0.3 is 46.4 Å². The molecular weight excluding hydrogens is 296 g/mol. The van der Waals surface area contributed by atoms with Crippen LogP contribution in [0.3, 0.4) is 0 Å². The van der Waals surface area contributed by atoms with Crippen molar-refractivity contribution < 1.29 is 46.4 Å². The molecule has 34 valence electrons. The molecule has 0 radical (unpaired) electrons. The van der Waals surface area contributed by atoms with E-state index in [-0.39, 0.29) is 0 Å². The van der Waals surface area contributed by atoms with Gasteiger partial charge in [0.15, 0.2) is 0 Å². The maximum absolute atomic E-state index is 9.25. The average molecular weight is 296 g/mol. The Bertz CT molecular complexity index is 65.0. The quantitative estimate of drug-likeness (QED) is 0.623. The van der Waals surface area contributed by atoms with Crippen LogP contribution in [0.5, 0.6) is 0 Å². The van der Waals surface area contributed by atoms with E-state index in [4.69, 9.17) is 0 Å². The van der Waals surface area contributed by atoms with Crippen LogP contribution in [-0.4, -0.2) is 0 Å². The van der Waals surface area contributed by atoms with Crippen LogP contribution in [0.2, 0.25) is 0 Å². The molecule has 0 bridgehead atoms. The second-order valence-electron chi connectivity index (χ2n) is 0.279. The normalized spacial score (nSPS) is 7.60. The molecule has 0 saturated carbocycles. The molecule has 0 fully saturated rings. The molecule has 0 aliphatic rings. The Hall–Kier alpha value is 0.885. The van der Waals surface area contributed by atoms with Crippen molar-refractivity contribution >= 4 is 0 Å². The summed E-state index contributed by atoms with van der Waals surface area (Å²) in [5.74, 6) is 0. The van der Waals surface area contributed by atoms with Crippen LogP contribution in [-0.2, 0) is 46.4 Å². The SMILES string of the molecule is [O]=[V](=[O])[O][Au]. The van der Waals surface area contributed by atoms with E-state index >= 15 is 0 Å². The fourth-order valence-corrected chi connectivity index (χ4v) is 0. The third-order valence-electron chi connectivity index (χ3n) is 0.0449. The summed E-state index contributed by atoms with van der Waals surface area (Å²) in [6.07, 6.45) is 0. The zero-order chi connectivity index (χ0) is 4.28. The van der Waals surface area contributed by atoms with Crippen molar-refractivity contribution in [3.63, 3.8) is 0 Å². The summed E-state index contributed by atoms with van der Waals surface area (Å²) in [5, 5.41) is 0. The van der Waals surface area contributed by atoms with Gasteiger partial charge in [-0.2, -0.15) is 0 Å². The first-order valence-corrected chi connectivity index (χ1v) is 3.27. The summed E-state index contributed by atoms with van der Waals surface area (Å²) in [4.78, 5) is 0. The molecule has 3 nitrogen and oxygen atoms in total. The number of rotatable bonds is 1. The van der Waals surface area contributed by atoms with E-state index in [9.17, 15) is 7.35 Å². The van der Waals surface area contributed by atoms with E-state index in [1.54, 1.807) is 0 Å². The molecule has 0 spiro atoms. The number of hydrogen-bond donors (Lipinski definition) is 0. The molecule has 0 N–H and O–H groups in total. The van der Waals surface area contributed by atoms with Crippen molar-refractivity contribution in [1.82, 2.24) is 0 Å². The Balaban J connectivity index is 3.23. The molecule has 0 heterocycles. The molecule has 0 saturated heterocycles. The Morgan fingerprint density at radius 2 is 1.80 bits per heavy atom. The molecule has 5 heteroatoms. The molecular formula is AuO3V. The zero-order valence-electron chi connectivity index (χ0n) is 1.97. The Morgan fingerprint density at radius 3 is 1.80 bits per heavy atom. The molecule has 0 unspecified atom stereocenters. The average Bonchev–Trinajstić information content (AvgIpc) is 1.38. The van der Waals surface area contributed by atoms with Gasteiger partial charge in [-0.25, -0.2) is 0 Å². The van der Waals surface area contributed by atoms with Gasteiger partial charge in [-0.05, 0) is 0 Å². The van der Waals surface area contributed by atoms with E-state index in [1.165, 1.54) is 21.5 Å². The van der Waals surface area contributed by atoms with Crippen molar-refractivity contribution in [2.75, 3.05) is 0 Å². The van der Waals surface area contributed by atoms with Crippen LogP contribution in [0.1, 0.15) is 0 Å². The van der Waals surface area contributed by atoms with E-state index < -0.39 is 15.4 Å². The summed E-state index contributed by atoms with van der Waals surface area (Å²) in [6, 6.07) is 0. The minimum absolute atomic E-state index is 1.47. The summed E-state index contributed by atoms with van der Waals surface area (Å²) >= 11 is -1.76. The molecule has 5 heavy (non-hydrogen) atoms. The summed E-state index contributed by atoms with van der Waals surface area (Å²) in [5.41, 5.74) is 0. The maximum atomic E-state index is 9.25. The fourth-order valence-electron chi connectivity index (χ4n) is 0. The van der Waals surface area contributed by atoms with Crippen LogP contribution < -0.4 is 0 Å². The van der Waals surface area contributed by atoms with Gasteiger partial charge in [0.1, 0.15) is 0 Å². The van der Waals surface area contributed by atoms with Crippen LogP contribution >= 0.6 is 0 Å². The van der Waals surface area contributed by atoms with Crippen molar-refractivity contribution in [3.8, 4) is 0 Å². The first-order valence-electron chi connectivity index (χ1n) is 0.671. The second-order valence-corrected chi connectivity index (χ2v) is 2.78. The molecule has 0 aromatic carbocycles. The molecule has 0 amide bonds. The van der Waals surface area contributed by atoms with Crippen molar-refractivity contribution in [1.29, 1.82) is 0 Å². The van der Waals surface area contributed by atoms with Gasteiger partial charge in [0.25, 0.3) is 0 Å². The second kappa shape index (κ2) is 3.09. The fraction of sp³-hybridized carbons (Fsp3) is 0. The molecule has 0 aliphatic heterocycles. The van der Waals surface area contributed by atoms with Crippen LogP contribution in [0.15, 0.2) is 0 Å². The van der Waals surface area contributed by atoms with Gasteiger partial charge in [0.2, 0.25) is 0 Å². The van der Waals surface area contributed by atoms with E-state index in [0.29, 0.717) is 0 Å². The van der Waals surface area contributed by atoms with Gasteiger partial charge in [0.05, 0.1) is 0 Å². The van der Waals surface area contributed by atoms with Crippen molar-refractivity contribution in [2.24, 2.45) is 0 Å². The molecule has 0 aliphatic carbocycles. The third kappa shape index (κ3) is 4.88. The van der Waals surface area contributed by atoms with E-state index in [1.807, 2.05) is 0 Å². The standard InChI is InChI=1S/Au.3O.V. The Labute approximate surface area is 46.5 Å². The van der Waals surface area contributed by atoms with Gasteiger partial charge < -0.3 is 0 Å². The van der Waals surface area contributed by atoms with Gasteiger partial charge in [-0.15, -0.1) is 0 Å². The van der Waals surface area contributed by atoms with Gasteiger partial charge in [-0.1, -0.05) is 0 Å². The van der Waals surface area contributed by atoms with Gasteiger partial charge in [0, 0.05) is 0 Å². The van der Waals surface area contributed by atoms with E-state index in [0.717, 1.165) is 0 Å². The first-order chi connectivity index (χ1) is 2.27. The number of hydrogen-bond acceptors (Lipinski definition) is 3.